The van der Waals surface area contributed by atoms with E-state index in [0.717, 1.165) is 21.9 Å². The predicted octanol–water partition coefficient (Wildman–Crippen LogP) is 4.74. The minimum atomic E-state index is -0.349. The van der Waals surface area contributed by atoms with Crippen molar-refractivity contribution in [1.29, 1.82) is 0 Å². The number of benzene rings is 1. The van der Waals surface area contributed by atoms with Crippen LogP contribution in [0, 0.1) is 13.8 Å². The Bertz CT molecular complexity index is 1040. The van der Waals surface area contributed by atoms with Gasteiger partial charge in [-0.3, -0.25) is 9.59 Å². The molecule has 1 N–H and O–H groups in total. The van der Waals surface area contributed by atoms with Crippen molar-refractivity contribution in [3.63, 3.8) is 0 Å². The number of halogens is 1. The second-order valence-electron chi connectivity index (χ2n) is 6.39. The molecule has 0 fully saturated rings. The lowest BCUT2D eigenvalue weighted by molar-refractivity contribution is 0.0988. The van der Waals surface area contributed by atoms with Crippen LogP contribution in [0.3, 0.4) is 0 Å². The van der Waals surface area contributed by atoms with Crippen molar-refractivity contribution in [2.24, 2.45) is 7.05 Å². The van der Waals surface area contributed by atoms with Crippen LogP contribution < -0.4 is 0 Å². The Morgan fingerprint density at radius 3 is 2.62 bits per heavy atom. The summed E-state index contributed by atoms with van der Waals surface area (Å²) in [5.74, 6) is -0.0870. The first-order valence-corrected chi connectivity index (χ1v) is 9.49. The molecule has 0 radical (unpaired) electrons. The summed E-state index contributed by atoms with van der Waals surface area (Å²) in [4.78, 5) is 32.4. The highest BCUT2D eigenvalue weighted by Crippen LogP contribution is 2.30. The highest BCUT2D eigenvalue weighted by atomic mass is 35.5. The largest absolute Gasteiger partial charge is 0.355 e. The number of carbonyl (C=O) groups excluding carboxylic acids is 2. The molecule has 5 nitrogen and oxygen atoms in total. The highest BCUT2D eigenvalue weighted by Gasteiger charge is 2.25. The fourth-order valence-corrected chi connectivity index (χ4v) is 4.31. The number of aryl methyl sites for hydroxylation is 2. The van der Waals surface area contributed by atoms with Crippen LogP contribution in [0.15, 0.2) is 23.4 Å². The summed E-state index contributed by atoms with van der Waals surface area (Å²) in [6.07, 6.45) is 0. The van der Waals surface area contributed by atoms with Gasteiger partial charge in [0.1, 0.15) is 0 Å². The van der Waals surface area contributed by atoms with E-state index in [1.54, 1.807) is 0 Å². The van der Waals surface area contributed by atoms with Crippen molar-refractivity contribution >= 4 is 46.0 Å². The van der Waals surface area contributed by atoms with Crippen LogP contribution in [0.5, 0.6) is 0 Å². The lowest BCUT2D eigenvalue weighted by atomic mass is 10.0. The van der Waals surface area contributed by atoms with Gasteiger partial charge in [0.25, 0.3) is 0 Å². The maximum absolute atomic E-state index is 12.9. The number of nitrogens with one attached hydrogen (secondary N) is 1. The third kappa shape index (κ3) is 3.19. The standard InChI is InChI=1S/C19H20ClN3O2S/c1-9-16(11(3)24)10(2)21-17(9)18(25)12(4)26-19-22-14-8-13(20)6-7-15(14)23(19)5/h6-8,12,21H,1-5H3. The van der Waals surface area contributed by atoms with Gasteiger partial charge in [-0.1, -0.05) is 23.4 Å². The van der Waals surface area contributed by atoms with Crippen LogP contribution in [0.4, 0.5) is 0 Å². The quantitative estimate of drug-likeness (QED) is 0.505. The third-order valence-electron chi connectivity index (χ3n) is 4.49. The van der Waals surface area contributed by atoms with Gasteiger partial charge in [0.2, 0.25) is 0 Å². The number of thioether (sulfide) groups is 1. The molecule has 2 heterocycles. The Hall–Kier alpha value is -2.05. The van der Waals surface area contributed by atoms with Crippen molar-refractivity contribution in [2.75, 3.05) is 0 Å². The SMILES string of the molecule is CC(=O)c1c(C)[nH]c(C(=O)C(C)Sc2nc3cc(Cl)ccc3n2C)c1C. The average molecular weight is 390 g/mol. The van der Waals surface area contributed by atoms with Gasteiger partial charge in [-0.15, -0.1) is 0 Å². The van der Waals surface area contributed by atoms with E-state index in [1.807, 2.05) is 50.6 Å². The summed E-state index contributed by atoms with van der Waals surface area (Å²) >= 11 is 7.43. The number of ketones is 2. The van der Waals surface area contributed by atoms with Crippen LogP contribution >= 0.6 is 23.4 Å². The zero-order valence-electron chi connectivity index (χ0n) is 15.3. The molecule has 3 aromatic rings. The van der Waals surface area contributed by atoms with Gasteiger partial charge >= 0.3 is 0 Å². The first-order chi connectivity index (χ1) is 12.2. The highest BCUT2D eigenvalue weighted by molar-refractivity contribution is 8.00. The third-order valence-corrected chi connectivity index (χ3v) is 5.87. The zero-order valence-corrected chi connectivity index (χ0v) is 16.9. The Kier molecular flexibility index (Phi) is 4.99. The van der Waals surface area contributed by atoms with Crippen molar-refractivity contribution in [2.45, 2.75) is 38.1 Å². The van der Waals surface area contributed by atoms with Gasteiger partial charge in [0, 0.05) is 23.3 Å². The fourth-order valence-electron chi connectivity index (χ4n) is 3.20. The normalized spacial score (nSPS) is 12.5. The summed E-state index contributed by atoms with van der Waals surface area (Å²) < 4.78 is 1.95. The molecule has 7 heteroatoms. The maximum Gasteiger partial charge on any atom is 0.192 e. The summed E-state index contributed by atoms with van der Waals surface area (Å²) in [6, 6.07) is 5.55. The number of carbonyl (C=O) groups is 2. The molecule has 0 aliphatic heterocycles. The Morgan fingerprint density at radius 1 is 1.31 bits per heavy atom. The van der Waals surface area contributed by atoms with E-state index in [4.69, 9.17) is 11.6 Å². The van der Waals surface area contributed by atoms with Gasteiger partial charge in [0.15, 0.2) is 16.7 Å². The number of hydrogen-bond donors (Lipinski definition) is 1. The maximum atomic E-state index is 12.9. The van der Waals surface area contributed by atoms with Crippen molar-refractivity contribution in [3.05, 3.63) is 45.7 Å². The molecule has 1 atom stereocenters. The first-order valence-electron chi connectivity index (χ1n) is 8.23. The van der Waals surface area contributed by atoms with E-state index >= 15 is 0 Å². The molecule has 0 aliphatic rings. The Labute approximate surface area is 161 Å². The molecule has 2 aromatic heterocycles. The van der Waals surface area contributed by atoms with Crippen molar-refractivity contribution in [1.82, 2.24) is 14.5 Å². The lowest BCUT2D eigenvalue weighted by Crippen LogP contribution is -2.16. The minimum Gasteiger partial charge on any atom is -0.355 e. The number of hydrogen-bond acceptors (Lipinski definition) is 4. The summed E-state index contributed by atoms with van der Waals surface area (Å²) in [5, 5.41) is 1.03. The molecule has 0 saturated heterocycles. The smallest absolute Gasteiger partial charge is 0.192 e. The molecule has 0 saturated carbocycles. The first kappa shape index (κ1) is 18.7. The van der Waals surface area contributed by atoms with Gasteiger partial charge in [-0.05, 0) is 51.5 Å². The van der Waals surface area contributed by atoms with E-state index in [0.29, 0.717) is 21.8 Å². The second-order valence-corrected chi connectivity index (χ2v) is 8.14. The Balaban J connectivity index is 1.90. The van der Waals surface area contributed by atoms with Crippen molar-refractivity contribution < 1.29 is 9.59 Å². The van der Waals surface area contributed by atoms with Crippen LogP contribution in [0.2, 0.25) is 5.02 Å². The van der Waals surface area contributed by atoms with Crippen LogP contribution in [-0.4, -0.2) is 31.4 Å². The topological polar surface area (TPSA) is 67.8 Å². The van der Waals surface area contributed by atoms with E-state index in [-0.39, 0.29) is 16.8 Å². The van der Waals surface area contributed by atoms with Crippen molar-refractivity contribution in [3.8, 4) is 0 Å². The molecule has 0 bridgehead atoms. The second kappa shape index (κ2) is 6.93. The molecule has 136 valence electrons. The summed E-state index contributed by atoms with van der Waals surface area (Å²) in [6.45, 7) is 6.98. The average Bonchev–Trinajstić information content (AvgIpc) is 3.03. The van der Waals surface area contributed by atoms with Gasteiger partial charge in [-0.25, -0.2) is 4.98 Å². The van der Waals surface area contributed by atoms with E-state index in [2.05, 4.69) is 9.97 Å². The summed E-state index contributed by atoms with van der Waals surface area (Å²) in [5.41, 5.74) is 4.30. The number of imidazole rings is 1. The number of aromatic nitrogens is 3. The lowest BCUT2D eigenvalue weighted by Gasteiger charge is -2.10. The van der Waals surface area contributed by atoms with Gasteiger partial charge < -0.3 is 9.55 Å². The van der Waals surface area contributed by atoms with Crippen LogP contribution in [0.1, 0.15) is 46.0 Å². The number of nitrogens with zero attached hydrogens (tertiary/aromatic N) is 2. The number of rotatable bonds is 5. The summed E-state index contributed by atoms with van der Waals surface area (Å²) in [7, 11) is 1.92. The molecule has 1 aromatic carbocycles. The number of fused-ring (bicyclic) bond motifs is 1. The molecule has 0 spiro atoms. The number of Topliss-reactive ketones (excluding diaryl/α,β-unsaturated/α-hetero) is 2. The van der Waals surface area contributed by atoms with Gasteiger partial charge in [0.05, 0.1) is 22.0 Å². The van der Waals surface area contributed by atoms with Crippen LogP contribution in [0.25, 0.3) is 11.0 Å². The van der Waals surface area contributed by atoms with Crippen LogP contribution in [-0.2, 0) is 7.05 Å². The fraction of sp³-hybridized carbons (Fsp3) is 0.316. The minimum absolute atomic E-state index is 0.0390. The van der Waals surface area contributed by atoms with Gasteiger partial charge in [-0.2, -0.15) is 0 Å². The molecule has 0 amide bonds. The zero-order chi connectivity index (χ0) is 19.2. The molecule has 1 unspecified atom stereocenters. The number of aromatic amines is 1. The molecular formula is C19H20ClN3O2S. The molecule has 26 heavy (non-hydrogen) atoms. The van der Waals surface area contributed by atoms with E-state index in [1.165, 1.54) is 18.7 Å². The molecule has 3 rings (SSSR count). The monoisotopic (exact) mass is 389 g/mol. The van der Waals surface area contributed by atoms with E-state index < -0.39 is 0 Å². The Morgan fingerprint density at radius 2 is 2.00 bits per heavy atom. The molecule has 0 aliphatic carbocycles. The van der Waals surface area contributed by atoms with E-state index in [9.17, 15) is 9.59 Å². The number of H-pyrrole nitrogens is 1. The predicted molar refractivity (Wildman–Crippen MR) is 106 cm³/mol. The molecular weight excluding hydrogens is 370 g/mol.